The van der Waals surface area contributed by atoms with Crippen LogP contribution in [0.3, 0.4) is 0 Å². The lowest BCUT2D eigenvalue weighted by Crippen LogP contribution is -2.29. The van der Waals surface area contributed by atoms with Crippen molar-refractivity contribution in [2.45, 2.75) is 25.7 Å². The Bertz CT molecular complexity index is 1280. The highest BCUT2D eigenvalue weighted by atomic mass is 19.1. The van der Waals surface area contributed by atoms with Crippen LogP contribution in [-0.2, 0) is 16.0 Å². The number of esters is 1. The normalized spacial score (nSPS) is 13.9. The molecule has 0 saturated carbocycles. The van der Waals surface area contributed by atoms with Crippen LogP contribution in [0.2, 0.25) is 0 Å². The molecule has 4 rings (SSSR count). The Kier molecular flexibility index (Phi) is 6.75. The summed E-state index contributed by atoms with van der Waals surface area (Å²) in [5.74, 6) is -1.34. The van der Waals surface area contributed by atoms with Crippen LogP contribution >= 0.6 is 0 Å². The highest BCUT2D eigenvalue weighted by Crippen LogP contribution is 2.36. The first-order valence-electron chi connectivity index (χ1n) is 10.8. The van der Waals surface area contributed by atoms with Crippen molar-refractivity contribution >= 4 is 34.4 Å². The lowest BCUT2D eigenvalue weighted by Gasteiger charge is -2.22. The van der Waals surface area contributed by atoms with Crippen LogP contribution in [0, 0.1) is 17.1 Å². The second-order valence-electron chi connectivity index (χ2n) is 7.74. The zero-order valence-electron chi connectivity index (χ0n) is 17.9. The summed E-state index contributed by atoms with van der Waals surface area (Å²) in [4.78, 5) is 29.9. The van der Waals surface area contributed by atoms with Crippen LogP contribution in [0.15, 0.2) is 48.5 Å². The van der Waals surface area contributed by atoms with Gasteiger partial charge in [-0.15, -0.1) is 0 Å². The first-order valence-corrected chi connectivity index (χ1v) is 10.8. The van der Waals surface area contributed by atoms with E-state index in [-0.39, 0.29) is 18.8 Å². The molecular formula is C26H22FN3O3. The zero-order valence-corrected chi connectivity index (χ0v) is 17.9. The van der Waals surface area contributed by atoms with E-state index in [0.29, 0.717) is 22.9 Å². The van der Waals surface area contributed by atoms with E-state index < -0.39 is 18.5 Å². The quantitative estimate of drug-likeness (QED) is 0.449. The molecule has 1 aromatic heterocycles. The fourth-order valence-corrected chi connectivity index (χ4v) is 3.98. The number of pyridine rings is 1. The van der Waals surface area contributed by atoms with Crippen molar-refractivity contribution in [2.75, 3.05) is 13.2 Å². The number of carbonyl (C=O) groups excluding carboxylic acids is 2. The Morgan fingerprint density at radius 3 is 2.73 bits per heavy atom. The van der Waals surface area contributed by atoms with E-state index in [1.165, 1.54) is 12.1 Å². The molecule has 0 aliphatic heterocycles. The van der Waals surface area contributed by atoms with E-state index in [1.807, 2.05) is 36.4 Å². The van der Waals surface area contributed by atoms with Crippen molar-refractivity contribution in [3.05, 3.63) is 76.7 Å². The van der Waals surface area contributed by atoms with Gasteiger partial charge >= 0.3 is 5.97 Å². The number of ether oxygens (including phenoxy) is 1. The summed E-state index contributed by atoms with van der Waals surface area (Å²) in [5.41, 5.74) is 4.43. The SMILES string of the molecule is N#CCCNC(=O)COC(=O)c1c2c(nc3ccccc13)/C(=C\c1ccc(F)cc1)CCC2. The van der Waals surface area contributed by atoms with Gasteiger partial charge in [0.15, 0.2) is 6.61 Å². The van der Waals surface area contributed by atoms with Crippen LogP contribution < -0.4 is 5.32 Å². The largest absolute Gasteiger partial charge is 0.452 e. The van der Waals surface area contributed by atoms with Crippen LogP contribution in [0.1, 0.15) is 46.4 Å². The van der Waals surface area contributed by atoms with Crippen molar-refractivity contribution in [3.63, 3.8) is 0 Å². The van der Waals surface area contributed by atoms with Gasteiger partial charge in [-0.1, -0.05) is 30.3 Å². The molecule has 1 amide bonds. The number of hydrogen-bond acceptors (Lipinski definition) is 5. The number of nitrogens with zero attached hydrogens (tertiary/aromatic N) is 2. The molecule has 3 aromatic rings. The molecule has 1 N–H and O–H groups in total. The van der Waals surface area contributed by atoms with Gasteiger partial charge in [0.1, 0.15) is 5.82 Å². The molecule has 1 aliphatic rings. The van der Waals surface area contributed by atoms with E-state index in [2.05, 4.69) is 5.32 Å². The number of hydrogen-bond donors (Lipinski definition) is 1. The Labute approximate surface area is 190 Å². The van der Waals surface area contributed by atoms with E-state index in [1.54, 1.807) is 12.1 Å². The van der Waals surface area contributed by atoms with Crippen LogP contribution in [0.25, 0.3) is 22.6 Å². The van der Waals surface area contributed by atoms with Gasteiger partial charge in [0, 0.05) is 11.9 Å². The van der Waals surface area contributed by atoms with Crippen molar-refractivity contribution < 1.29 is 18.7 Å². The molecule has 1 heterocycles. The highest BCUT2D eigenvalue weighted by Gasteiger charge is 2.26. The van der Waals surface area contributed by atoms with Crippen molar-refractivity contribution in [1.82, 2.24) is 10.3 Å². The Balaban J connectivity index is 1.70. The minimum absolute atomic E-state index is 0.186. The molecule has 7 heteroatoms. The van der Waals surface area contributed by atoms with E-state index in [9.17, 15) is 14.0 Å². The predicted molar refractivity (Wildman–Crippen MR) is 122 cm³/mol. The summed E-state index contributed by atoms with van der Waals surface area (Å²) in [6.45, 7) is -0.216. The highest BCUT2D eigenvalue weighted by molar-refractivity contribution is 6.07. The van der Waals surface area contributed by atoms with Gasteiger partial charge in [-0.05, 0) is 60.2 Å². The van der Waals surface area contributed by atoms with Gasteiger partial charge in [0.05, 0.1) is 29.3 Å². The average Bonchev–Trinajstić information content (AvgIpc) is 2.83. The monoisotopic (exact) mass is 443 g/mol. The van der Waals surface area contributed by atoms with Crippen LogP contribution in [-0.4, -0.2) is 30.0 Å². The molecular weight excluding hydrogens is 421 g/mol. The van der Waals surface area contributed by atoms with Gasteiger partial charge in [-0.25, -0.2) is 14.2 Å². The van der Waals surface area contributed by atoms with Crippen molar-refractivity contribution in [1.29, 1.82) is 5.26 Å². The van der Waals surface area contributed by atoms with Gasteiger partial charge < -0.3 is 10.1 Å². The molecule has 1 aliphatic carbocycles. The molecule has 0 saturated heterocycles. The van der Waals surface area contributed by atoms with E-state index in [4.69, 9.17) is 15.0 Å². The van der Waals surface area contributed by atoms with Crippen LogP contribution in [0.5, 0.6) is 0 Å². The lowest BCUT2D eigenvalue weighted by atomic mass is 9.86. The fraction of sp³-hybridized carbons (Fsp3) is 0.231. The fourth-order valence-electron chi connectivity index (χ4n) is 3.98. The number of rotatable bonds is 6. The molecule has 33 heavy (non-hydrogen) atoms. The molecule has 0 unspecified atom stereocenters. The standard InChI is InChI=1S/C26H22FN3O3/c27-19-11-9-17(10-12-19)15-18-5-3-7-21-24(20-6-1-2-8-22(20)30-25(18)21)26(32)33-16-23(31)29-14-4-13-28/h1-2,6,8-12,15H,3-5,7,14,16H2,(H,29,31)/b18-15-. The number of allylic oxidation sites excluding steroid dienone is 1. The average molecular weight is 443 g/mol. The molecule has 0 bridgehead atoms. The molecule has 2 aromatic carbocycles. The number of amides is 1. The smallest absolute Gasteiger partial charge is 0.339 e. The lowest BCUT2D eigenvalue weighted by molar-refractivity contribution is -0.124. The topological polar surface area (TPSA) is 92.1 Å². The maximum Gasteiger partial charge on any atom is 0.339 e. The van der Waals surface area contributed by atoms with Crippen LogP contribution in [0.4, 0.5) is 4.39 Å². The summed E-state index contributed by atoms with van der Waals surface area (Å²) in [7, 11) is 0. The number of para-hydroxylation sites is 1. The van der Waals surface area contributed by atoms with Gasteiger partial charge in [0.25, 0.3) is 5.91 Å². The molecule has 0 spiro atoms. The van der Waals surface area contributed by atoms with E-state index >= 15 is 0 Å². The van der Waals surface area contributed by atoms with Crippen molar-refractivity contribution in [2.24, 2.45) is 0 Å². The first-order chi connectivity index (χ1) is 16.1. The summed E-state index contributed by atoms with van der Waals surface area (Å²) in [6, 6.07) is 15.5. The number of nitrogens with one attached hydrogen (secondary N) is 1. The second kappa shape index (κ2) is 10.0. The Morgan fingerprint density at radius 2 is 1.94 bits per heavy atom. The third kappa shape index (κ3) is 5.07. The number of benzene rings is 2. The molecule has 166 valence electrons. The Morgan fingerprint density at radius 1 is 1.15 bits per heavy atom. The maximum absolute atomic E-state index is 13.3. The first kappa shape index (κ1) is 22.2. The number of halogens is 1. The summed E-state index contributed by atoms with van der Waals surface area (Å²) < 4.78 is 18.6. The van der Waals surface area contributed by atoms with Crippen molar-refractivity contribution in [3.8, 4) is 6.07 Å². The third-order valence-electron chi connectivity index (χ3n) is 5.48. The maximum atomic E-state index is 13.3. The Hall–Kier alpha value is -4.05. The summed E-state index contributed by atoms with van der Waals surface area (Å²) >= 11 is 0. The molecule has 6 nitrogen and oxygen atoms in total. The number of aromatic nitrogens is 1. The molecule has 0 fully saturated rings. The molecule has 0 atom stereocenters. The molecule has 0 radical (unpaired) electrons. The zero-order chi connectivity index (χ0) is 23.2. The van der Waals surface area contributed by atoms with Gasteiger partial charge in [-0.3, -0.25) is 4.79 Å². The van der Waals surface area contributed by atoms with Gasteiger partial charge in [-0.2, -0.15) is 5.26 Å². The number of fused-ring (bicyclic) bond motifs is 2. The number of nitriles is 1. The third-order valence-corrected chi connectivity index (χ3v) is 5.48. The summed E-state index contributed by atoms with van der Waals surface area (Å²) in [5, 5.41) is 11.8. The number of carbonyl (C=O) groups is 2. The van der Waals surface area contributed by atoms with Gasteiger partial charge in [0.2, 0.25) is 0 Å². The minimum Gasteiger partial charge on any atom is -0.452 e. The van der Waals surface area contributed by atoms with E-state index in [0.717, 1.165) is 35.2 Å². The second-order valence-corrected chi connectivity index (χ2v) is 7.74. The minimum atomic E-state index is -0.580. The summed E-state index contributed by atoms with van der Waals surface area (Å²) in [6.07, 6.45) is 4.43. The predicted octanol–water partition coefficient (Wildman–Crippen LogP) is 4.44.